The molecule has 166 valence electrons. The number of hydrogen-bond donors (Lipinski definition) is 0. The number of piperidine rings is 1. The molecule has 8 heteroatoms. The molecule has 0 aromatic heterocycles. The number of halogens is 1. The van der Waals surface area contributed by atoms with Gasteiger partial charge in [-0.1, -0.05) is 11.6 Å². The summed E-state index contributed by atoms with van der Waals surface area (Å²) in [6.07, 6.45) is 1.43. The summed E-state index contributed by atoms with van der Waals surface area (Å²) in [6, 6.07) is 3.28. The third kappa shape index (κ3) is 5.01. The Morgan fingerprint density at radius 2 is 1.77 bits per heavy atom. The van der Waals surface area contributed by atoms with Crippen LogP contribution in [0.15, 0.2) is 12.1 Å². The second kappa shape index (κ2) is 9.88. The number of amides is 2. The minimum Gasteiger partial charge on any atom is -0.493 e. The standard InChI is InChI=1S/C22H31ClN2O5/c1-5-29-20-18(23)10-17(11-19(20)28-4)22(27)24-8-6-16(7-9-24)21(26)25-12-14(2)30-15(3)13-25/h10-11,14-16H,5-9,12-13H2,1-4H3. The van der Waals surface area contributed by atoms with E-state index in [4.69, 9.17) is 25.8 Å². The van der Waals surface area contributed by atoms with Gasteiger partial charge in [-0.2, -0.15) is 0 Å². The number of rotatable bonds is 5. The summed E-state index contributed by atoms with van der Waals surface area (Å²) >= 11 is 6.31. The van der Waals surface area contributed by atoms with Gasteiger partial charge >= 0.3 is 0 Å². The highest BCUT2D eigenvalue weighted by Crippen LogP contribution is 2.37. The molecule has 0 radical (unpaired) electrons. The molecule has 30 heavy (non-hydrogen) atoms. The maximum absolute atomic E-state index is 13.0. The number of methoxy groups -OCH3 is 1. The zero-order chi connectivity index (χ0) is 21.8. The van der Waals surface area contributed by atoms with Gasteiger partial charge in [0.2, 0.25) is 5.91 Å². The molecule has 2 aliphatic heterocycles. The van der Waals surface area contributed by atoms with Crippen molar-refractivity contribution in [3.63, 3.8) is 0 Å². The van der Waals surface area contributed by atoms with Gasteiger partial charge in [0.25, 0.3) is 5.91 Å². The Bertz CT molecular complexity index is 769. The third-order valence-corrected chi connectivity index (χ3v) is 5.91. The van der Waals surface area contributed by atoms with Gasteiger partial charge in [0, 0.05) is 37.7 Å². The maximum Gasteiger partial charge on any atom is 0.254 e. The lowest BCUT2D eigenvalue weighted by Gasteiger charge is -2.39. The molecule has 0 bridgehead atoms. The van der Waals surface area contributed by atoms with E-state index in [1.165, 1.54) is 7.11 Å². The number of benzene rings is 1. The van der Waals surface area contributed by atoms with Crippen LogP contribution in [0.2, 0.25) is 5.02 Å². The van der Waals surface area contributed by atoms with Crippen LogP contribution in [0.5, 0.6) is 11.5 Å². The van der Waals surface area contributed by atoms with E-state index in [0.717, 1.165) is 0 Å². The minimum absolute atomic E-state index is 0.0509. The fraction of sp³-hybridized carbons (Fsp3) is 0.636. The number of hydrogen-bond acceptors (Lipinski definition) is 5. The number of morpholine rings is 1. The normalized spacial score (nSPS) is 22.7. The Hall–Kier alpha value is -1.99. The van der Waals surface area contributed by atoms with Crippen molar-refractivity contribution in [2.45, 2.75) is 45.8 Å². The van der Waals surface area contributed by atoms with E-state index in [9.17, 15) is 9.59 Å². The molecule has 0 N–H and O–H groups in total. The highest BCUT2D eigenvalue weighted by Gasteiger charge is 2.34. The van der Waals surface area contributed by atoms with Crippen molar-refractivity contribution < 1.29 is 23.8 Å². The summed E-state index contributed by atoms with van der Waals surface area (Å²) in [5.74, 6) is 0.891. The van der Waals surface area contributed by atoms with Crippen molar-refractivity contribution in [2.24, 2.45) is 5.92 Å². The van der Waals surface area contributed by atoms with E-state index < -0.39 is 0 Å². The molecule has 0 spiro atoms. The second-order valence-corrected chi connectivity index (χ2v) is 8.40. The Balaban J connectivity index is 1.63. The molecule has 2 unspecified atom stereocenters. The zero-order valence-corrected chi connectivity index (χ0v) is 18.9. The van der Waals surface area contributed by atoms with Gasteiger partial charge in [-0.25, -0.2) is 0 Å². The summed E-state index contributed by atoms with van der Waals surface area (Å²) in [7, 11) is 1.52. The van der Waals surface area contributed by atoms with Gasteiger partial charge in [0.05, 0.1) is 30.9 Å². The summed E-state index contributed by atoms with van der Waals surface area (Å²) in [5, 5.41) is 0.347. The van der Waals surface area contributed by atoms with E-state index in [0.29, 0.717) is 67.7 Å². The molecule has 2 heterocycles. The summed E-state index contributed by atoms with van der Waals surface area (Å²) < 4.78 is 16.6. The Labute approximate surface area is 183 Å². The van der Waals surface area contributed by atoms with Crippen LogP contribution in [0, 0.1) is 5.92 Å². The van der Waals surface area contributed by atoms with Gasteiger partial charge in [-0.15, -0.1) is 0 Å². The first-order valence-corrected chi connectivity index (χ1v) is 11.0. The first kappa shape index (κ1) is 22.7. The highest BCUT2D eigenvalue weighted by atomic mass is 35.5. The Kier molecular flexibility index (Phi) is 7.47. The second-order valence-electron chi connectivity index (χ2n) is 7.99. The van der Waals surface area contributed by atoms with Crippen LogP contribution in [0.25, 0.3) is 0 Å². The summed E-state index contributed by atoms with van der Waals surface area (Å²) in [5.41, 5.74) is 0.459. The van der Waals surface area contributed by atoms with Gasteiger partial charge < -0.3 is 24.0 Å². The van der Waals surface area contributed by atoms with Gasteiger partial charge in [0.1, 0.15) is 0 Å². The van der Waals surface area contributed by atoms with Crippen LogP contribution >= 0.6 is 11.6 Å². The minimum atomic E-state index is -0.113. The SMILES string of the molecule is CCOc1c(Cl)cc(C(=O)N2CCC(C(=O)N3CC(C)OC(C)C3)CC2)cc1OC. The van der Waals surface area contributed by atoms with E-state index in [-0.39, 0.29) is 29.9 Å². The average Bonchev–Trinajstić information content (AvgIpc) is 2.73. The number of carbonyl (C=O) groups is 2. The fourth-order valence-electron chi connectivity index (χ4n) is 4.26. The lowest BCUT2D eigenvalue weighted by molar-refractivity contribution is -0.148. The number of ether oxygens (including phenoxy) is 3. The van der Waals surface area contributed by atoms with Crippen LogP contribution < -0.4 is 9.47 Å². The van der Waals surface area contributed by atoms with Crippen molar-refractivity contribution in [2.75, 3.05) is 39.9 Å². The lowest BCUT2D eigenvalue weighted by atomic mass is 9.94. The summed E-state index contributed by atoms with van der Waals surface area (Å²) in [4.78, 5) is 29.6. The lowest BCUT2D eigenvalue weighted by Crippen LogP contribution is -2.51. The van der Waals surface area contributed by atoms with Crippen LogP contribution in [-0.2, 0) is 9.53 Å². The zero-order valence-electron chi connectivity index (χ0n) is 18.2. The van der Waals surface area contributed by atoms with Crippen molar-refractivity contribution in [3.05, 3.63) is 22.7 Å². The predicted octanol–water partition coefficient (Wildman–Crippen LogP) is 3.24. The molecule has 2 atom stereocenters. The van der Waals surface area contributed by atoms with Gasteiger partial charge in [-0.05, 0) is 45.7 Å². The van der Waals surface area contributed by atoms with Gasteiger partial charge in [-0.3, -0.25) is 9.59 Å². The largest absolute Gasteiger partial charge is 0.493 e. The van der Waals surface area contributed by atoms with Crippen LogP contribution in [0.4, 0.5) is 0 Å². The smallest absolute Gasteiger partial charge is 0.254 e. The average molecular weight is 439 g/mol. The Morgan fingerprint density at radius 3 is 2.33 bits per heavy atom. The van der Waals surface area contributed by atoms with E-state index in [1.807, 2.05) is 25.7 Å². The quantitative estimate of drug-likeness (QED) is 0.706. The monoisotopic (exact) mass is 438 g/mol. The third-order valence-electron chi connectivity index (χ3n) is 5.63. The van der Waals surface area contributed by atoms with E-state index in [2.05, 4.69) is 0 Å². The topological polar surface area (TPSA) is 68.3 Å². The highest BCUT2D eigenvalue weighted by molar-refractivity contribution is 6.32. The summed E-state index contributed by atoms with van der Waals surface area (Å²) in [6.45, 7) is 8.64. The van der Waals surface area contributed by atoms with Crippen molar-refractivity contribution in [1.29, 1.82) is 0 Å². The number of nitrogens with zero attached hydrogens (tertiary/aromatic N) is 2. The molecule has 0 saturated carbocycles. The molecule has 1 aromatic rings. The number of carbonyl (C=O) groups excluding carboxylic acids is 2. The molecule has 7 nitrogen and oxygen atoms in total. The molecule has 2 amide bonds. The molecule has 0 aliphatic carbocycles. The Morgan fingerprint density at radius 1 is 1.13 bits per heavy atom. The fourth-order valence-corrected chi connectivity index (χ4v) is 4.52. The van der Waals surface area contributed by atoms with E-state index in [1.54, 1.807) is 17.0 Å². The molecular weight excluding hydrogens is 408 g/mol. The maximum atomic E-state index is 13.0. The molecular formula is C22H31ClN2O5. The van der Waals surface area contributed by atoms with E-state index >= 15 is 0 Å². The van der Waals surface area contributed by atoms with Crippen molar-refractivity contribution in [1.82, 2.24) is 9.80 Å². The van der Waals surface area contributed by atoms with Crippen LogP contribution in [0.1, 0.15) is 44.0 Å². The molecule has 2 saturated heterocycles. The van der Waals surface area contributed by atoms with Crippen LogP contribution in [-0.4, -0.2) is 73.7 Å². The predicted molar refractivity (Wildman–Crippen MR) is 114 cm³/mol. The molecule has 1 aromatic carbocycles. The van der Waals surface area contributed by atoms with Gasteiger partial charge in [0.15, 0.2) is 11.5 Å². The van der Waals surface area contributed by atoms with Crippen molar-refractivity contribution >= 4 is 23.4 Å². The first-order valence-electron chi connectivity index (χ1n) is 10.6. The first-order chi connectivity index (χ1) is 14.3. The molecule has 2 fully saturated rings. The van der Waals surface area contributed by atoms with Crippen LogP contribution in [0.3, 0.4) is 0 Å². The number of likely N-dealkylation sites (tertiary alicyclic amines) is 1. The molecule has 3 rings (SSSR count). The van der Waals surface area contributed by atoms with Crippen molar-refractivity contribution in [3.8, 4) is 11.5 Å². The molecule has 2 aliphatic rings.